The summed E-state index contributed by atoms with van der Waals surface area (Å²) in [5.74, 6) is -0.612. The van der Waals surface area contributed by atoms with Gasteiger partial charge in [0.25, 0.3) is 0 Å². The first kappa shape index (κ1) is 24.6. The van der Waals surface area contributed by atoms with Gasteiger partial charge in [-0.2, -0.15) is 17.6 Å². The monoisotopic (exact) mass is 488 g/mol. The van der Waals surface area contributed by atoms with Crippen LogP contribution < -0.4 is 19.1 Å². The summed E-state index contributed by atoms with van der Waals surface area (Å²) in [4.78, 5) is 6.62. The van der Waals surface area contributed by atoms with Crippen molar-refractivity contribution in [3.63, 3.8) is 0 Å². The van der Waals surface area contributed by atoms with Crippen LogP contribution >= 0.6 is 11.3 Å². The lowest BCUT2D eigenvalue weighted by atomic mass is 10.2. The molecule has 12 heteroatoms. The van der Waals surface area contributed by atoms with E-state index in [1.807, 2.05) is 0 Å². The molecule has 0 fully saturated rings. The third-order valence-electron chi connectivity index (χ3n) is 4.27. The van der Waals surface area contributed by atoms with Crippen molar-refractivity contribution in [3.8, 4) is 17.2 Å². The quantitative estimate of drug-likeness (QED) is 0.365. The number of aliphatic hydroxyl groups is 2. The van der Waals surface area contributed by atoms with Crippen LogP contribution in [0.2, 0.25) is 0 Å². The molecular weight excluding hydrogens is 468 g/mol. The van der Waals surface area contributed by atoms with Crippen LogP contribution in [0.5, 0.6) is 17.2 Å². The molecule has 2 aromatic carbocycles. The Labute approximate surface area is 190 Å². The number of halogens is 4. The number of ether oxygens (including phenoxy) is 3. The average molecular weight is 488 g/mol. The summed E-state index contributed by atoms with van der Waals surface area (Å²) in [5, 5.41) is 18.3. The van der Waals surface area contributed by atoms with Crippen LogP contribution in [0.1, 0.15) is 4.88 Å². The Bertz CT molecular complexity index is 993. The second-order valence-electron chi connectivity index (χ2n) is 6.58. The molecule has 33 heavy (non-hydrogen) atoms. The zero-order chi connectivity index (χ0) is 23.8. The fourth-order valence-corrected chi connectivity index (χ4v) is 3.40. The maximum absolute atomic E-state index is 12.9. The molecule has 2 N–H and O–H groups in total. The number of aliphatic hydroxyl groups excluding tert-OH is 2. The molecule has 1 aromatic heterocycles. The largest absolute Gasteiger partial charge is 0.491 e. The van der Waals surface area contributed by atoms with Gasteiger partial charge in [-0.25, -0.2) is 0 Å². The van der Waals surface area contributed by atoms with Gasteiger partial charge in [-0.15, -0.1) is 11.3 Å². The molecule has 0 bridgehead atoms. The molecule has 0 aliphatic heterocycles. The lowest BCUT2D eigenvalue weighted by Gasteiger charge is -2.26. The fourth-order valence-electron chi connectivity index (χ4n) is 2.82. The summed E-state index contributed by atoms with van der Waals surface area (Å²) >= 11 is 1.38. The van der Waals surface area contributed by atoms with Crippen molar-refractivity contribution in [2.24, 2.45) is 0 Å². The van der Waals surface area contributed by atoms with Gasteiger partial charge in [0.05, 0.1) is 18.7 Å². The summed E-state index contributed by atoms with van der Waals surface area (Å²) in [5.41, 5.74) is 2.65. The van der Waals surface area contributed by atoms with Crippen LogP contribution in [0.25, 0.3) is 0 Å². The molecule has 0 aliphatic carbocycles. The average Bonchev–Trinajstić information content (AvgIpc) is 3.30. The molecule has 7 nitrogen and oxygen atoms in total. The van der Waals surface area contributed by atoms with Crippen molar-refractivity contribution in [1.29, 1.82) is 0 Å². The number of rotatable bonds is 12. The first-order chi connectivity index (χ1) is 15.9. The van der Waals surface area contributed by atoms with Crippen molar-refractivity contribution in [2.45, 2.75) is 25.9 Å². The maximum Gasteiger partial charge on any atom is 0.387 e. The third-order valence-corrected chi connectivity index (χ3v) is 5.03. The van der Waals surface area contributed by atoms with Crippen LogP contribution in [0.3, 0.4) is 0 Å². The lowest BCUT2D eigenvalue weighted by molar-refractivity contribution is -0.0692. The molecule has 0 radical (unpaired) electrons. The van der Waals surface area contributed by atoms with Gasteiger partial charge in [-0.3, -0.25) is 4.98 Å². The van der Waals surface area contributed by atoms with E-state index in [1.165, 1.54) is 23.5 Å². The van der Waals surface area contributed by atoms with E-state index in [-0.39, 0.29) is 6.61 Å². The Balaban J connectivity index is 1.92. The molecular formula is C21H20F4N2O5S. The van der Waals surface area contributed by atoms with Crippen LogP contribution in [-0.2, 0) is 6.54 Å². The Morgan fingerprint density at radius 2 is 1.61 bits per heavy atom. The Morgan fingerprint density at radius 3 is 2.21 bits per heavy atom. The van der Waals surface area contributed by atoms with Crippen LogP contribution in [0, 0.1) is 0 Å². The third kappa shape index (κ3) is 7.20. The minimum absolute atomic E-state index is 0.0969. The highest BCUT2D eigenvalue weighted by atomic mass is 32.1. The lowest BCUT2D eigenvalue weighted by Crippen LogP contribution is -2.21. The number of anilines is 2. The normalized spacial score (nSPS) is 12.1. The van der Waals surface area contributed by atoms with E-state index >= 15 is 0 Å². The zero-order valence-electron chi connectivity index (χ0n) is 17.0. The predicted molar refractivity (Wildman–Crippen MR) is 113 cm³/mol. The highest BCUT2D eigenvalue weighted by Gasteiger charge is 2.19. The number of nitrogens with zero attached hydrogens (tertiary/aromatic N) is 2. The molecule has 0 saturated carbocycles. The second kappa shape index (κ2) is 11.7. The van der Waals surface area contributed by atoms with E-state index in [9.17, 15) is 22.7 Å². The second-order valence-corrected chi connectivity index (χ2v) is 7.55. The summed E-state index contributed by atoms with van der Waals surface area (Å²) in [6.45, 7) is -6.67. The smallest absolute Gasteiger partial charge is 0.387 e. The van der Waals surface area contributed by atoms with Crippen molar-refractivity contribution in [3.05, 3.63) is 59.0 Å². The number of hydrogen-bond acceptors (Lipinski definition) is 8. The first-order valence-electron chi connectivity index (χ1n) is 9.56. The van der Waals surface area contributed by atoms with E-state index in [4.69, 9.17) is 9.84 Å². The summed E-state index contributed by atoms with van der Waals surface area (Å²) in [7, 11) is 0. The molecule has 0 aliphatic rings. The van der Waals surface area contributed by atoms with Gasteiger partial charge in [0, 0.05) is 28.5 Å². The molecule has 0 saturated heterocycles. The number of hydrogen-bond donors (Lipinski definition) is 2. The molecule has 0 amide bonds. The van der Waals surface area contributed by atoms with Crippen molar-refractivity contribution >= 4 is 22.7 Å². The topological polar surface area (TPSA) is 84.3 Å². The molecule has 178 valence electrons. The highest BCUT2D eigenvalue weighted by Crippen LogP contribution is 2.38. The summed E-state index contributed by atoms with van der Waals surface area (Å²) in [6, 6.07) is 10.4. The predicted octanol–water partition coefficient (Wildman–Crippen LogP) is 4.42. The Hall–Kier alpha value is -3.09. The van der Waals surface area contributed by atoms with Gasteiger partial charge in [0.1, 0.15) is 18.5 Å². The van der Waals surface area contributed by atoms with Crippen molar-refractivity contribution in [2.75, 3.05) is 18.1 Å². The SMILES string of the molecule is OC[C@@H](O)COc1ccc(N(Cc2cncs2)c2ccc(OC(F)F)c(OC(F)F)c2)cc1. The van der Waals surface area contributed by atoms with E-state index < -0.39 is 37.4 Å². The highest BCUT2D eigenvalue weighted by molar-refractivity contribution is 7.09. The molecule has 0 spiro atoms. The zero-order valence-corrected chi connectivity index (χ0v) is 17.8. The van der Waals surface area contributed by atoms with Crippen molar-refractivity contribution < 1.29 is 42.0 Å². The van der Waals surface area contributed by atoms with Crippen LogP contribution in [0.4, 0.5) is 28.9 Å². The number of thiazole rings is 1. The van der Waals surface area contributed by atoms with Crippen LogP contribution in [0.15, 0.2) is 54.2 Å². The van der Waals surface area contributed by atoms with Gasteiger partial charge in [-0.05, 0) is 36.4 Å². The molecule has 3 rings (SSSR count). The van der Waals surface area contributed by atoms with Gasteiger partial charge in [0.2, 0.25) is 0 Å². The number of aromatic nitrogens is 1. The molecule has 3 aromatic rings. The van der Waals surface area contributed by atoms with E-state index in [2.05, 4.69) is 14.5 Å². The molecule has 1 atom stereocenters. The molecule has 0 unspecified atom stereocenters. The van der Waals surface area contributed by atoms with E-state index in [0.29, 0.717) is 23.7 Å². The summed E-state index contributed by atoms with van der Waals surface area (Å²) < 4.78 is 65.1. The van der Waals surface area contributed by atoms with Gasteiger partial charge < -0.3 is 29.3 Å². The van der Waals surface area contributed by atoms with E-state index in [1.54, 1.807) is 40.9 Å². The van der Waals surface area contributed by atoms with E-state index in [0.717, 1.165) is 10.9 Å². The minimum atomic E-state index is -3.24. The number of alkyl halides is 4. The molecule has 1 heterocycles. The Kier molecular flexibility index (Phi) is 8.69. The first-order valence-corrected chi connectivity index (χ1v) is 10.4. The van der Waals surface area contributed by atoms with Crippen molar-refractivity contribution in [1.82, 2.24) is 4.98 Å². The van der Waals surface area contributed by atoms with Gasteiger partial charge in [0.15, 0.2) is 11.5 Å². The standard InChI is InChI=1S/C21H20F4N2O5S/c22-20(23)31-18-6-3-14(7-19(18)32-21(24)25)27(9-17-8-26-12-33-17)13-1-4-16(5-2-13)30-11-15(29)10-28/h1-8,12,15,20-21,28-29H,9-11H2/t15-/m1/s1. The number of benzene rings is 2. The Morgan fingerprint density at radius 1 is 0.939 bits per heavy atom. The maximum atomic E-state index is 12.9. The summed E-state index contributed by atoms with van der Waals surface area (Å²) in [6.07, 6.45) is 0.630. The fraction of sp³-hybridized carbons (Fsp3) is 0.286. The van der Waals surface area contributed by atoms with Crippen LogP contribution in [-0.4, -0.2) is 47.7 Å². The van der Waals surface area contributed by atoms with Gasteiger partial charge >= 0.3 is 13.2 Å². The minimum Gasteiger partial charge on any atom is -0.491 e. The van der Waals surface area contributed by atoms with Gasteiger partial charge in [-0.1, -0.05) is 0 Å².